The third-order valence-electron chi connectivity index (χ3n) is 2.19. The lowest BCUT2D eigenvalue weighted by molar-refractivity contribution is 0.520. The molecule has 4 nitrogen and oxygen atoms in total. The third kappa shape index (κ3) is 2.57. The highest BCUT2D eigenvalue weighted by molar-refractivity contribution is 14.1. The molecule has 2 heterocycles. The van der Waals surface area contributed by atoms with E-state index in [0.29, 0.717) is 17.6 Å². The Labute approximate surface area is 113 Å². The average Bonchev–Trinajstić information content (AvgIpc) is 2.76. The lowest BCUT2D eigenvalue weighted by Crippen LogP contribution is -2.05. The van der Waals surface area contributed by atoms with Gasteiger partial charge in [0.05, 0.1) is 17.3 Å². The van der Waals surface area contributed by atoms with Crippen LogP contribution >= 0.6 is 34.2 Å². The molecule has 0 aliphatic rings. The topological polar surface area (TPSA) is 35.6 Å². The van der Waals surface area contributed by atoms with Gasteiger partial charge >= 0.3 is 0 Å². The van der Waals surface area contributed by atoms with Crippen LogP contribution in [0.4, 0.5) is 0 Å². The van der Waals surface area contributed by atoms with Crippen LogP contribution in [0.15, 0.2) is 18.5 Å². The molecule has 0 aliphatic carbocycles. The minimum absolute atomic E-state index is 0.384. The van der Waals surface area contributed by atoms with Crippen molar-refractivity contribution in [2.45, 2.75) is 26.4 Å². The van der Waals surface area contributed by atoms with Crippen LogP contribution in [0.2, 0.25) is 5.02 Å². The van der Waals surface area contributed by atoms with E-state index in [1.54, 1.807) is 4.68 Å². The number of halogens is 2. The van der Waals surface area contributed by atoms with Gasteiger partial charge in [0.15, 0.2) is 0 Å². The summed E-state index contributed by atoms with van der Waals surface area (Å²) in [4.78, 5) is 0. The van der Waals surface area contributed by atoms with E-state index >= 15 is 0 Å². The van der Waals surface area contributed by atoms with E-state index < -0.39 is 0 Å². The molecule has 0 fully saturated rings. The second kappa shape index (κ2) is 4.75. The molecule has 0 spiro atoms. The summed E-state index contributed by atoms with van der Waals surface area (Å²) in [6.07, 6.45) is 3.80. The van der Waals surface area contributed by atoms with Crippen LogP contribution < -0.4 is 0 Å². The number of hydrogen-bond donors (Lipinski definition) is 0. The van der Waals surface area contributed by atoms with Crippen LogP contribution in [0.1, 0.15) is 25.6 Å². The molecule has 0 saturated heterocycles. The van der Waals surface area contributed by atoms with Crippen molar-refractivity contribution in [3.05, 3.63) is 32.9 Å². The quantitative estimate of drug-likeness (QED) is 0.798. The number of rotatable bonds is 3. The first kappa shape index (κ1) is 11.9. The molecule has 0 aliphatic heterocycles. The van der Waals surface area contributed by atoms with Gasteiger partial charge in [-0.05, 0) is 42.5 Å². The minimum Gasteiger partial charge on any atom is -0.270 e. The molecule has 2 aromatic heterocycles. The summed E-state index contributed by atoms with van der Waals surface area (Å²) in [7, 11) is 0. The van der Waals surface area contributed by atoms with Crippen molar-refractivity contribution < 1.29 is 0 Å². The summed E-state index contributed by atoms with van der Waals surface area (Å²) in [5.41, 5.74) is 0.990. The molecular weight excluding hydrogens is 338 g/mol. The van der Waals surface area contributed by atoms with E-state index in [0.717, 1.165) is 9.39 Å². The first-order valence-electron chi connectivity index (χ1n) is 4.98. The molecule has 0 amide bonds. The Morgan fingerprint density at radius 2 is 2.19 bits per heavy atom. The Morgan fingerprint density at radius 1 is 1.44 bits per heavy atom. The molecule has 2 rings (SSSR count). The molecule has 0 aromatic carbocycles. The molecule has 0 unspecified atom stereocenters. The average molecular weight is 351 g/mol. The van der Waals surface area contributed by atoms with Crippen molar-refractivity contribution in [2.75, 3.05) is 0 Å². The number of aromatic nitrogens is 4. The van der Waals surface area contributed by atoms with E-state index in [1.807, 2.05) is 23.1 Å². The highest BCUT2D eigenvalue weighted by Crippen LogP contribution is 2.16. The van der Waals surface area contributed by atoms with Gasteiger partial charge in [0.1, 0.15) is 3.70 Å². The third-order valence-corrected chi connectivity index (χ3v) is 3.58. The lowest BCUT2D eigenvalue weighted by Gasteiger charge is -2.03. The second-order valence-electron chi connectivity index (χ2n) is 3.85. The SMILES string of the molecule is CC(C)n1ccc(Cn2cc(Cl)c(I)n2)n1. The monoisotopic (exact) mass is 350 g/mol. The summed E-state index contributed by atoms with van der Waals surface area (Å²) < 4.78 is 4.56. The van der Waals surface area contributed by atoms with Gasteiger partial charge in [-0.25, -0.2) is 0 Å². The molecule has 86 valence electrons. The molecule has 2 aromatic rings. The molecule has 0 bridgehead atoms. The van der Waals surface area contributed by atoms with Gasteiger partial charge in [0.2, 0.25) is 0 Å². The summed E-state index contributed by atoms with van der Waals surface area (Å²) in [5, 5.41) is 9.42. The van der Waals surface area contributed by atoms with E-state index in [1.165, 1.54) is 0 Å². The van der Waals surface area contributed by atoms with Crippen LogP contribution in [0.5, 0.6) is 0 Å². The maximum absolute atomic E-state index is 5.93. The van der Waals surface area contributed by atoms with E-state index in [-0.39, 0.29) is 0 Å². The summed E-state index contributed by atoms with van der Waals surface area (Å²) in [6, 6.07) is 2.39. The normalized spacial score (nSPS) is 11.3. The largest absolute Gasteiger partial charge is 0.270 e. The Bertz CT molecular complexity index is 469. The van der Waals surface area contributed by atoms with Gasteiger partial charge in [-0.2, -0.15) is 10.2 Å². The fourth-order valence-corrected chi connectivity index (χ4v) is 1.94. The van der Waals surface area contributed by atoms with E-state index in [4.69, 9.17) is 11.6 Å². The van der Waals surface area contributed by atoms with Crippen LogP contribution in [-0.4, -0.2) is 19.6 Å². The molecule has 0 saturated carbocycles. The molecule has 0 radical (unpaired) electrons. The van der Waals surface area contributed by atoms with Gasteiger partial charge in [-0.15, -0.1) is 0 Å². The van der Waals surface area contributed by atoms with Gasteiger partial charge in [-0.1, -0.05) is 11.6 Å². The smallest absolute Gasteiger partial charge is 0.141 e. The Morgan fingerprint density at radius 3 is 2.69 bits per heavy atom. The van der Waals surface area contributed by atoms with E-state index in [9.17, 15) is 0 Å². The summed E-state index contributed by atoms with van der Waals surface area (Å²) in [6.45, 7) is 4.86. The van der Waals surface area contributed by atoms with Crippen molar-refractivity contribution in [2.24, 2.45) is 0 Å². The molecule has 0 atom stereocenters. The maximum Gasteiger partial charge on any atom is 0.141 e. The van der Waals surface area contributed by atoms with Crippen LogP contribution in [0, 0.1) is 3.70 Å². The van der Waals surface area contributed by atoms with Crippen molar-refractivity contribution >= 4 is 34.2 Å². The Hall–Kier alpha value is -0.560. The first-order valence-corrected chi connectivity index (χ1v) is 6.44. The highest BCUT2D eigenvalue weighted by atomic mass is 127. The van der Waals surface area contributed by atoms with Crippen LogP contribution in [0.25, 0.3) is 0 Å². The zero-order valence-corrected chi connectivity index (χ0v) is 12.0. The standard InChI is InChI=1S/C10H12ClIN4/c1-7(2)16-4-3-8(13-16)5-15-6-9(11)10(12)14-15/h3-4,6-7H,5H2,1-2H3. The highest BCUT2D eigenvalue weighted by Gasteiger charge is 2.06. The first-order chi connectivity index (χ1) is 7.56. The van der Waals surface area contributed by atoms with Gasteiger partial charge in [-0.3, -0.25) is 9.36 Å². The van der Waals surface area contributed by atoms with E-state index in [2.05, 4.69) is 46.6 Å². The molecule has 0 N–H and O–H groups in total. The Kier molecular flexibility index (Phi) is 3.53. The van der Waals surface area contributed by atoms with Crippen molar-refractivity contribution in [1.82, 2.24) is 19.6 Å². The second-order valence-corrected chi connectivity index (χ2v) is 5.28. The van der Waals surface area contributed by atoms with Crippen molar-refractivity contribution in [1.29, 1.82) is 0 Å². The van der Waals surface area contributed by atoms with Crippen LogP contribution in [-0.2, 0) is 6.54 Å². The fraction of sp³-hybridized carbons (Fsp3) is 0.400. The van der Waals surface area contributed by atoms with Crippen molar-refractivity contribution in [3.63, 3.8) is 0 Å². The van der Waals surface area contributed by atoms with Gasteiger partial charge in [0.25, 0.3) is 0 Å². The summed E-state index contributed by atoms with van der Waals surface area (Å²) >= 11 is 8.05. The zero-order valence-electron chi connectivity index (χ0n) is 9.06. The van der Waals surface area contributed by atoms with Crippen molar-refractivity contribution in [3.8, 4) is 0 Å². The number of nitrogens with zero attached hydrogens (tertiary/aromatic N) is 4. The predicted molar refractivity (Wildman–Crippen MR) is 71.7 cm³/mol. The minimum atomic E-state index is 0.384. The van der Waals surface area contributed by atoms with Crippen LogP contribution in [0.3, 0.4) is 0 Å². The summed E-state index contributed by atoms with van der Waals surface area (Å²) in [5.74, 6) is 0. The Balaban J connectivity index is 2.14. The number of hydrogen-bond acceptors (Lipinski definition) is 2. The fourth-order valence-electron chi connectivity index (χ4n) is 1.37. The molecule has 6 heteroatoms. The molecular formula is C10H12ClIN4. The zero-order chi connectivity index (χ0) is 11.7. The maximum atomic E-state index is 5.93. The lowest BCUT2D eigenvalue weighted by atomic mass is 10.4. The van der Waals surface area contributed by atoms with Gasteiger partial charge in [0, 0.05) is 18.4 Å². The predicted octanol–water partition coefficient (Wildman–Crippen LogP) is 2.97. The van der Waals surface area contributed by atoms with Gasteiger partial charge < -0.3 is 0 Å². The molecule has 16 heavy (non-hydrogen) atoms.